The molecule has 0 fully saturated rings. The SMILES string of the molecule is CC(C(=O)O)c1ccc(N=c2sc3ccccc3n2CCS)cc1. The lowest BCUT2D eigenvalue weighted by atomic mass is 10.0. The van der Waals surface area contributed by atoms with E-state index < -0.39 is 11.9 Å². The van der Waals surface area contributed by atoms with Crippen molar-refractivity contribution < 1.29 is 9.90 Å². The Kier molecular flexibility index (Phi) is 5.06. The Bertz CT molecular complexity index is 926. The Morgan fingerprint density at radius 3 is 2.62 bits per heavy atom. The maximum Gasteiger partial charge on any atom is 0.310 e. The Hall–Kier alpha value is -2.05. The van der Waals surface area contributed by atoms with Gasteiger partial charge in [0.05, 0.1) is 21.8 Å². The molecule has 0 bridgehead atoms. The molecule has 0 aliphatic carbocycles. The van der Waals surface area contributed by atoms with E-state index in [0.717, 1.165) is 33.9 Å². The Balaban J connectivity index is 2.03. The molecular weight excluding hydrogens is 340 g/mol. The second-order valence-corrected chi connectivity index (χ2v) is 6.95. The van der Waals surface area contributed by atoms with Crippen molar-refractivity contribution in [2.75, 3.05) is 5.75 Å². The summed E-state index contributed by atoms with van der Waals surface area (Å²) in [6.07, 6.45) is 0. The van der Waals surface area contributed by atoms with Gasteiger partial charge in [-0.05, 0) is 36.8 Å². The molecular formula is C18H18N2O2S2. The molecule has 1 unspecified atom stereocenters. The van der Waals surface area contributed by atoms with E-state index >= 15 is 0 Å². The van der Waals surface area contributed by atoms with E-state index in [1.165, 1.54) is 4.70 Å². The molecule has 3 rings (SSSR count). The van der Waals surface area contributed by atoms with Crippen LogP contribution in [0.5, 0.6) is 0 Å². The van der Waals surface area contributed by atoms with Crippen LogP contribution in [0.3, 0.4) is 0 Å². The van der Waals surface area contributed by atoms with Gasteiger partial charge in [-0.1, -0.05) is 35.6 Å². The third kappa shape index (κ3) is 3.39. The van der Waals surface area contributed by atoms with Crippen LogP contribution in [0.25, 0.3) is 10.2 Å². The third-order valence-corrected chi connectivity index (χ3v) is 5.16. The van der Waals surface area contributed by atoms with Crippen LogP contribution in [0.4, 0.5) is 5.69 Å². The summed E-state index contributed by atoms with van der Waals surface area (Å²) in [6, 6.07) is 15.6. The minimum absolute atomic E-state index is 0.516. The summed E-state index contributed by atoms with van der Waals surface area (Å²) in [6.45, 7) is 2.47. The molecule has 0 radical (unpaired) electrons. The number of carbonyl (C=O) groups is 1. The molecule has 0 amide bonds. The first-order valence-corrected chi connectivity index (χ1v) is 9.12. The normalized spacial score (nSPS) is 13.3. The van der Waals surface area contributed by atoms with Crippen LogP contribution in [0.1, 0.15) is 18.4 Å². The number of rotatable bonds is 5. The van der Waals surface area contributed by atoms with Gasteiger partial charge in [0.1, 0.15) is 0 Å². The van der Waals surface area contributed by atoms with E-state index in [-0.39, 0.29) is 0 Å². The van der Waals surface area contributed by atoms with Gasteiger partial charge in [0.25, 0.3) is 0 Å². The molecule has 1 N–H and O–H groups in total. The molecule has 3 aromatic rings. The largest absolute Gasteiger partial charge is 0.481 e. The van der Waals surface area contributed by atoms with Gasteiger partial charge in [-0.15, -0.1) is 0 Å². The summed E-state index contributed by atoms with van der Waals surface area (Å²) in [5, 5.41) is 9.08. The molecule has 2 aromatic carbocycles. The van der Waals surface area contributed by atoms with Crippen molar-refractivity contribution >= 4 is 45.8 Å². The van der Waals surface area contributed by atoms with Gasteiger partial charge in [0, 0.05) is 12.3 Å². The number of carboxylic acid groups (broad SMARTS) is 1. The molecule has 1 atom stereocenters. The molecule has 1 heterocycles. The predicted molar refractivity (Wildman–Crippen MR) is 101 cm³/mol. The van der Waals surface area contributed by atoms with Gasteiger partial charge in [-0.3, -0.25) is 4.79 Å². The van der Waals surface area contributed by atoms with E-state index in [0.29, 0.717) is 0 Å². The minimum atomic E-state index is -0.823. The number of benzene rings is 2. The molecule has 0 saturated heterocycles. The molecule has 0 spiro atoms. The van der Waals surface area contributed by atoms with Gasteiger partial charge >= 0.3 is 5.97 Å². The first-order valence-electron chi connectivity index (χ1n) is 7.67. The van der Waals surface area contributed by atoms with E-state index in [4.69, 9.17) is 10.1 Å². The monoisotopic (exact) mass is 358 g/mol. The maximum atomic E-state index is 11.1. The van der Waals surface area contributed by atoms with Gasteiger partial charge in [0.15, 0.2) is 4.80 Å². The number of hydrogen-bond donors (Lipinski definition) is 2. The number of nitrogens with zero attached hydrogens (tertiary/aromatic N) is 2. The molecule has 0 aliphatic heterocycles. The zero-order valence-corrected chi connectivity index (χ0v) is 14.9. The number of aromatic nitrogens is 1. The van der Waals surface area contributed by atoms with Crippen molar-refractivity contribution in [2.45, 2.75) is 19.4 Å². The lowest BCUT2D eigenvalue weighted by Crippen LogP contribution is -2.15. The smallest absolute Gasteiger partial charge is 0.310 e. The number of thiazole rings is 1. The van der Waals surface area contributed by atoms with Crippen molar-refractivity contribution in [1.82, 2.24) is 4.57 Å². The van der Waals surface area contributed by atoms with Crippen LogP contribution in [-0.2, 0) is 11.3 Å². The average molecular weight is 358 g/mol. The van der Waals surface area contributed by atoms with E-state index in [9.17, 15) is 4.79 Å². The zero-order valence-electron chi connectivity index (χ0n) is 13.2. The summed E-state index contributed by atoms with van der Waals surface area (Å²) in [7, 11) is 0. The third-order valence-electron chi connectivity index (χ3n) is 3.90. The number of hydrogen-bond acceptors (Lipinski definition) is 4. The highest BCUT2D eigenvalue weighted by atomic mass is 32.1. The summed E-state index contributed by atoms with van der Waals surface area (Å²) >= 11 is 5.99. The first-order chi connectivity index (χ1) is 11.6. The molecule has 124 valence electrons. The van der Waals surface area contributed by atoms with E-state index in [1.807, 2.05) is 36.4 Å². The van der Waals surface area contributed by atoms with Crippen molar-refractivity contribution in [2.24, 2.45) is 4.99 Å². The highest BCUT2D eigenvalue weighted by Crippen LogP contribution is 2.21. The fourth-order valence-electron chi connectivity index (χ4n) is 2.51. The van der Waals surface area contributed by atoms with Crippen LogP contribution in [-0.4, -0.2) is 21.4 Å². The number of thiol groups is 1. The molecule has 0 aliphatic rings. The molecule has 24 heavy (non-hydrogen) atoms. The topological polar surface area (TPSA) is 54.6 Å². The average Bonchev–Trinajstić information content (AvgIpc) is 2.93. The predicted octanol–water partition coefficient (Wildman–Crippen LogP) is 4.05. The number of para-hydroxylation sites is 1. The van der Waals surface area contributed by atoms with Gasteiger partial charge in [-0.2, -0.15) is 12.6 Å². The van der Waals surface area contributed by atoms with Gasteiger partial charge in [0.2, 0.25) is 0 Å². The fraction of sp³-hybridized carbons (Fsp3) is 0.222. The second kappa shape index (κ2) is 7.23. The molecule has 6 heteroatoms. The van der Waals surface area contributed by atoms with Gasteiger partial charge in [-0.25, -0.2) is 4.99 Å². The van der Waals surface area contributed by atoms with E-state index in [2.05, 4.69) is 29.3 Å². The van der Waals surface area contributed by atoms with Crippen LogP contribution >= 0.6 is 24.0 Å². The highest BCUT2D eigenvalue weighted by molar-refractivity contribution is 7.80. The standard InChI is InChI=1S/C18H18N2O2S2/c1-12(17(21)22)13-6-8-14(9-7-13)19-18-20(10-11-23)15-4-2-3-5-16(15)24-18/h2-9,12,23H,10-11H2,1H3,(H,21,22). The number of aryl methyl sites for hydroxylation is 1. The minimum Gasteiger partial charge on any atom is -0.481 e. The fourth-order valence-corrected chi connectivity index (χ4v) is 3.79. The summed E-state index contributed by atoms with van der Waals surface area (Å²) in [5.74, 6) is -0.600. The lowest BCUT2D eigenvalue weighted by Gasteiger charge is -2.06. The van der Waals surface area contributed by atoms with E-state index in [1.54, 1.807) is 18.3 Å². The van der Waals surface area contributed by atoms with Crippen LogP contribution < -0.4 is 4.80 Å². The van der Waals surface area contributed by atoms with Crippen molar-refractivity contribution in [1.29, 1.82) is 0 Å². The van der Waals surface area contributed by atoms with Gasteiger partial charge < -0.3 is 9.67 Å². The Labute approximate surface area is 149 Å². The summed E-state index contributed by atoms with van der Waals surface area (Å²) < 4.78 is 3.36. The summed E-state index contributed by atoms with van der Waals surface area (Å²) in [5.41, 5.74) is 2.75. The van der Waals surface area contributed by atoms with Crippen LogP contribution in [0, 0.1) is 0 Å². The highest BCUT2D eigenvalue weighted by Gasteiger charge is 2.13. The van der Waals surface area contributed by atoms with Crippen LogP contribution in [0.15, 0.2) is 53.5 Å². The molecule has 1 aromatic heterocycles. The van der Waals surface area contributed by atoms with Crippen molar-refractivity contribution in [3.63, 3.8) is 0 Å². The second-order valence-electron chi connectivity index (χ2n) is 5.49. The lowest BCUT2D eigenvalue weighted by molar-refractivity contribution is -0.138. The molecule has 4 nitrogen and oxygen atoms in total. The molecule has 0 saturated carbocycles. The number of aliphatic carboxylic acids is 1. The zero-order chi connectivity index (χ0) is 17.1. The quantitative estimate of drug-likeness (QED) is 0.676. The number of fused-ring (bicyclic) bond motifs is 1. The summed E-state index contributed by atoms with van der Waals surface area (Å²) in [4.78, 5) is 16.7. The van der Waals surface area contributed by atoms with Crippen LogP contribution in [0.2, 0.25) is 0 Å². The van der Waals surface area contributed by atoms with Crippen molar-refractivity contribution in [3.05, 3.63) is 58.9 Å². The van der Waals surface area contributed by atoms with Crippen molar-refractivity contribution in [3.8, 4) is 0 Å². The number of carboxylic acids is 1. The first kappa shape index (κ1) is 16.8. The maximum absolute atomic E-state index is 11.1. The Morgan fingerprint density at radius 1 is 1.25 bits per heavy atom. The Morgan fingerprint density at radius 2 is 1.96 bits per heavy atom.